The van der Waals surface area contributed by atoms with Crippen molar-refractivity contribution in [1.29, 1.82) is 0 Å². The Bertz CT molecular complexity index is 951. The molecule has 0 saturated carbocycles. The second-order valence-electron chi connectivity index (χ2n) is 6.21. The van der Waals surface area contributed by atoms with Crippen LogP contribution in [0.15, 0.2) is 72.8 Å². The largest absolute Gasteiger partial charge is 0.508 e. The number of amides is 1. The molecule has 0 fully saturated rings. The second kappa shape index (κ2) is 8.19. The molecule has 136 valence electrons. The topological polar surface area (TPSA) is 92.4 Å². The summed E-state index contributed by atoms with van der Waals surface area (Å²) in [5.74, 6) is -0.208. The van der Waals surface area contributed by atoms with Gasteiger partial charge in [0.1, 0.15) is 5.75 Å². The number of nitrogens with two attached hydrogens (primary N) is 1. The Morgan fingerprint density at radius 1 is 0.926 bits per heavy atom. The van der Waals surface area contributed by atoms with Crippen molar-refractivity contribution in [3.63, 3.8) is 0 Å². The molecule has 0 spiro atoms. The van der Waals surface area contributed by atoms with Crippen molar-refractivity contribution in [2.45, 2.75) is 12.8 Å². The molecule has 0 saturated heterocycles. The molecule has 0 aliphatic heterocycles. The Balaban J connectivity index is 1.73. The van der Waals surface area contributed by atoms with E-state index in [4.69, 9.17) is 5.73 Å². The molecule has 0 aliphatic rings. The van der Waals surface area contributed by atoms with Gasteiger partial charge < -0.3 is 16.2 Å². The Morgan fingerprint density at radius 2 is 1.63 bits per heavy atom. The van der Waals surface area contributed by atoms with Gasteiger partial charge in [0.15, 0.2) is 5.78 Å². The fraction of sp³-hybridized carbons (Fsp3) is 0.0909. The van der Waals surface area contributed by atoms with E-state index in [-0.39, 0.29) is 23.9 Å². The normalized spacial score (nSPS) is 10.4. The highest BCUT2D eigenvalue weighted by Gasteiger charge is 2.15. The van der Waals surface area contributed by atoms with Gasteiger partial charge in [-0.05, 0) is 42.3 Å². The van der Waals surface area contributed by atoms with Gasteiger partial charge in [0, 0.05) is 23.2 Å². The van der Waals surface area contributed by atoms with Crippen LogP contribution in [0.5, 0.6) is 5.75 Å². The van der Waals surface area contributed by atoms with Gasteiger partial charge in [0.05, 0.1) is 5.69 Å². The zero-order chi connectivity index (χ0) is 19.2. The van der Waals surface area contributed by atoms with E-state index in [2.05, 4.69) is 5.32 Å². The van der Waals surface area contributed by atoms with Crippen molar-refractivity contribution in [1.82, 2.24) is 0 Å². The molecule has 5 nitrogen and oxygen atoms in total. The first-order chi connectivity index (χ1) is 13.0. The molecule has 0 heterocycles. The number of hydrogen-bond acceptors (Lipinski definition) is 4. The number of carbonyl (C=O) groups excluding carboxylic acids is 2. The molecular formula is C22H20N2O3. The number of hydrogen-bond donors (Lipinski definition) is 3. The van der Waals surface area contributed by atoms with Gasteiger partial charge in [-0.15, -0.1) is 0 Å². The molecular weight excluding hydrogens is 340 g/mol. The van der Waals surface area contributed by atoms with Crippen molar-refractivity contribution in [2.75, 3.05) is 11.1 Å². The third-order valence-electron chi connectivity index (χ3n) is 4.18. The fourth-order valence-corrected chi connectivity index (χ4v) is 2.74. The highest BCUT2D eigenvalue weighted by atomic mass is 16.3. The molecule has 0 unspecified atom stereocenters. The lowest BCUT2D eigenvalue weighted by molar-refractivity contribution is -0.116. The zero-order valence-electron chi connectivity index (χ0n) is 14.7. The number of aromatic hydroxyl groups is 1. The molecule has 3 aromatic rings. The van der Waals surface area contributed by atoms with E-state index in [1.807, 2.05) is 6.07 Å². The van der Waals surface area contributed by atoms with Gasteiger partial charge >= 0.3 is 0 Å². The molecule has 0 bridgehead atoms. The molecule has 4 N–H and O–H groups in total. The predicted molar refractivity (Wildman–Crippen MR) is 106 cm³/mol. The van der Waals surface area contributed by atoms with E-state index < -0.39 is 0 Å². The van der Waals surface area contributed by atoms with Crippen molar-refractivity contribution in [3.05, 3.63) is 89.5 Å². The van der Waals surface area contributed by atoms with Crippen LogP contribution in [0.4, 0.5) is 11.4 Å². The third kappa shape index (κ3) is 4.73. The van der Waals surface area contributed by atoms with Crippen molar-refractivity contribution < 1.29 is 14.7 Å². The van der Waals surface area contributed by atoms with Gasteiger partial charge in [-0.2, -0.15) is 0 Å². The summed E-state index contributed by atoms with van der Waals surface area (Å²) in [5, 5.41) is 12.1. The molecule has 3 rings (SSSR count). The lowest BCUT2D eigenvalue weighted by Crippen LogP contribution is -2.16. The number of rotatable bonds is 6. The van der Waals surface area contributed by atoms with Gasteiger partial charge in [0.2, 0.25) is 5.91 Å². The average molecular weight is 360 g/mol. The first-order valence-corrected chi connectivity index (χ1v) is 8.60. The zero-order valence-corrected chi connectivity index (χ0v) is 14.7. The number of aryl methyl sites for hydroxylation is 1. The van der Waals surface area contributed by atoms with E-state index in [9.17, 15) is 14.7 Å². The van der Waals surface area contributed by atoms with Crippen LogP contribution in [0.25, 0.3) is 0 Å². The van der Waals surface area contributed by atoms with Crippen LogP contribution in [0, 0.1) is 0 Å². The van der Waals surface area contributed by atoms with Crippen LogP contribution >= 0.6 is 0 Å². The summed E-state index contributed by atoms with van der Waals surface area (Å²) in [6.07, 6.45) is 0.789. The summed E-state index contributed by atoms with van der Waals surface area (Å²) in [6, 6.07) is 20.4. The van der Waals surface area contributed by atoms with Crippen molar-refractivity contribution >= 4 is 23.1 Å². The van der Waals surface area contributed by atoms with Gasteiger partial charge in [-0.3, -0.25) is 9.59 Å². The van der Waals surface area contributed by atoms with Gasteiger partial charge in [-0.1, -0.05) is 42.5 Å². The minimum Gasteiger partial charge on any atom is -0.508 e. The summed E-state index contributed by atoms with van der Waals surface area (Å²) in [5.41, 5.74) is 8.57. The maximum atomic E-state index is 12.8. The number of ketones is 1. The van der Waals surface area contributed by atoms with Gasteiger partial charge in [-0.25, -0.2) is 0 Å². The minimum atomic E-state index is -0.199. The van der Waals surface area contributed by atoms with Crippen LogP contribution in [0.2, 0.25) is 0 Å². The number of carbonyl (C=O) groups is 2. The summed E-state index contributed by atoms with van der Waals surface area (Å²) < 4.78 is 0. The van der Waals surface area contributed by atoms with Crippen LogP contribution in [0.3, 0.4) is 0 Å². The molecule has 0 aliphatic carbocycles. The first kappa shape index (κ1) is 18.2. The lowest BCUT2D eigenvalue weighted by atomic mass is 10.0. The van der Waals surface area contributed by atoms with E-state index in [1.54, 1.807) is 66.7 Å². The molecule has 0 radical (unpaired) electrons. The van der Waals surface area contributed by atoms with E-state index in [1.165, 1.54) is 0 Å². The Labute approximate surface area is 157 Å². The van der Waals surface area contributed by atoms with E-state index in [0.717, 1.165) is 5.56 Å². The fourth-order valence-electron chi connectivity index (χ4n) is 2.74. The van der Waals surface area contributed by atoms with Crippen LogP contribution in [0.1, 0.15) is 27.9 Å². The quantitative estimate of drug-likeness (QED) is 0.461. The second-order valence-corrected chi connectivity index (χ2v) is 6.21. The summed E-state index contributed by atoms with van der Waals surface area (Å²) in [6.45, 7) is 0. The molecule has 1 amide bonds. The molecule has 0 atom stereocenters. The van der Waals surface area contributed by atoms with Gasteiger partial charge in [0.25, 0.3) is 0 Å². The van der Waals surface area contributed by atoms with Crippen LogP contribution in [-0.4, -0.2) is 16.8 Å². The number of phenols is 1. The molecule has 5 heteroatoms. The minimum absolute atomic E-state index is 0.189. The summed E-state index contributed by atoms with van der Waals surface area (Å²) in [4.78, 5) is 25.1. The van der Waals surface area contributed by atoms with Crippen LogP contribution < -0.4 is 11.1 Å². The highest BCUT2D eigenvalue weighted by molar-refractivity contribution is 6.14. The van der Waals surface area contributed by atoms with Crippen molar-refractivity contribution in [2.24, 2.45) is 0 Å². The molecule has 27 heavy (non-hydrogen) atoms. The maximum Gasteiger partial charge on any atom is 0.224 e. The van der Waals surface area contributed by atoms with Crippen molar-refractivity contribution in [3.8, 4) is 5.75 Å². The summed E-state index contributed by atoms with van der Waals surface area (Å²) in [7, 11) is 0. The first-order valence-electron chi connectivity index (χ1n) is 8.60. The number of nitrogens with one attached hydrogen (secondary N) is 1. The number of anilines is 2. The lowest BCUT2D eigenvalue weighted by Gasteiger charge is -2.12. The molecule has 3 aromatic carbocycles. The number of nitrogen functional groups attached to an aromatic ring is 1. The predicted octanol–water partition coefficient (Wildman–Crippen LogP) is 3.78. The number of benzene rings is 3. The Morgan fingerprint density at radius 3 is 2.33 bits per heavy atom. The summed E-state index contributed by atoms with van der Waals surface area (Å²) >= 11 is 0. The van der Waals surface area contributed by atoms with Crippen LogP contribution in [-0.2, 0) is 11.2 Å². The maximum absolute atomic E-state index is 12.8. The molecule has 0 aromatic heterocycles. The van der Waals surface area contributed by atoms with E-state index >= 15 is 0 Å². The highest BCUT2D eigenvalue weighted by Crippen LogP contribution is 2.23. The number of phenolic OH excluding ortho intramolecular Hbond substituents is 1. The standard InChI is InChI=1S/C22H20N2O3/c23-17-9-12-20(19(14-17)22(27)16-4-2-1-3-5-16)24-21(26)13-8-15-6-10-18(25)11-7-15/h1-7,9-12,14,25H,8,13,23H2,(H,24,26). The Kier molecular flexibility index (Phi) is 5.52. The SMILES string of the molecule is Nc1ccc(NC(=O)CCc2ccc(O)cc2)c(C(=O)c2ccccc2)c1. The Hall–Kier alpha value is -3.60. The monoisotopic (exact) mass is 360 g/mol. The smallest absolute Gasteiger partial charge is 0.224 e. The third-order valence-corrected chi connectivity index (χ3v) is 4.18. The average Bonchev–Trinajstić information content (AvgIpc) is 2.69. The van der Waals surface area contributed by atoms with E-state index in [0.29, 0.717) is 28.9 Å².